The van der Waals surface area contributed by atoms with E-state index in [0.717, 1.165) is 31.3 Å². The molecule has 1 aromatic heterocycles. The van der Waals surface area contributed by atoms with E-state index in [0.29, 0.717) is 23.0 Å². The minimum Gasteiger partial charge on any atom is -0.366 e. The normalized spacial score (nSPS) is 21.8. The van der Waals surface area contributed by atoms with Crippen molar-refractivity contribution in [3.8, 4) is 11.4 Å². The molecule has 0 radical (unpaired) electrons. The van der Waals surface area contributed by atoms with Gasteiger partial charge in [0.1, 0.15) is 5.82 Å². The predicted molar refractivity (Wildman–Crippen MR) is 105 cm³/mol. The molecule has 28 heavy (non-hydrogen) atoms. The minimum atomic E-state index is -1.00. The Labute approximate surface area is 160 Å². The summed E-state index contributed by atoms with van der Waals surface area (Å²) in [4.78, 5) is 22.2. The largest absolute Gasteiger partial charge is 0.366 e. The van der Waals surface area contributed by atoms with Crippen LogP contribution in [0.5, 0.6) is 0 Å². The summed E-state index contributed by atoms with van der Waals surface area (Å²) in [7, 11) is 3.68. The first-order chi connectivity index (χ1) is 13.4. The van der Waals surface area contributed by atoms with Crippen LogP contribution in [0.4, 0.5) is 14.5 Å². The summed E-state index contributed by atoms with van der Waals surface area (Å²) < 4.78 is 29.2. The van der Waals surface area contributed by atoms with Crippen LogP contribution in [0, 0.1) is 11.6 Å². The highest BCUT2D eigenvalue weighted by Crippen LogP contribution is 2.34. The molecular weight excluding hydrogens is 362 g/mol. The minimum absolute atomic E-state index is 0.0227. The van der Waals surface area contributed by atoms with Crippen LogP contribution >= 0.6 is 0 Å². The highest BCUT2D eigenvalue weighted by atomic mass is 19.2. The fourth-order valence-corrected chi connectivity index (χ4v) is 4.54. The van der Waals surface area contributed by atoms with Crippen LogP contribution in [-0.4, -0.2) is 46.7 Å². The zero-order valence-corrected chi connectivity index (χ0v) is 15.7. The van der Waals surface area contributed by atoms with Crippen molar-refractivity contribution in [1.82, 2.24) is 14.5 Å². The molecule has 2 saturated heterocycles. The molecule has 3 aromatic rings. The van der Waals surface area contributed by atoms with Gasteiger partial charge in [0.2, 0.25) is 0 Å². The maximum Gasteiger partial charge on any atom is 0.261 e. The van der Waals surface area contributed by atoms with Crippen LogP contribution in [0.15, 0.2) is 41.2 Å². The topological polar surface area (TPSA) is 41.4 Å². The molecule has 0 unspecified atom stereocenters. The van der Waals surface area contributed by atoms with Gasteiger partial charge < -0.3 is 4.90 Å². The average Bonchev–Trinajstić information content (AvgIpc) is 3.26. The number of fused-ring (bicyclic) bond motifs is 3. The Morgan fingerprint density at radius 2 is 1.89 bits per heavy atom. The molecule has 2 aliphatic rings. The quantitative estimate of drug-likeness (QED) is 0.684. The van der Waals surface area contributed by atoms with E-state index in [1.807, 2.05) is 12.1 Å². The summed E-state index contributed by atoms with van der Waals surface area (Å²) in [5.74, 6) is -1.85. The Bertz CT molecular complexity index is 1160. The molecule has 0 spiro atoms. The van der Waals surface area contributed by atoms with Crippen molar-refractivity contribution in [3.05, 3.63) is 58.4 Å². The zero-order chi connectivity index (χ0) is 19.6. The standard InChI is InChI=1S/C21H20F2N4O/c1-25-10-14-8-13(25)11-27(14)12-6-7-18-16(9-12)21(28)26(2)20(24-18)15-4-3-5-17(22)19(15)23/h3-7,9,13-14H,8,10-11H2,1-2H3/t13-,14+/m1/s1. The summed E-state index contributed by atoms with van der Waals surface area (Å²) in [6.07, 6.45) is 1.14. The van der Waals surface area contributed by atoms with Crippen LogP contribution in [0.2, 0.25) is 0 Å². The number of likely N-dealkylation sites (N-methyl/N-ethyl adjacent to an activating group) is 1. The molecule has 3 heterocycles. The molecular formula is C21H20F2N4O. The highest BCUT2D eigenvalue weighted by molar-refractivity contribution is 5.83. The number of likely N-dealkylation sites (tertiary alicyclic amines) is 1. The monoisotopic (exact) mass is 382 g/mol. The Morgan fingerprint density at radius 3 is 2.61 bits per heavy atom. The molecule has 2 bridgehead atoms. The smallest absolute Gasteiger partial charge is 0.261 e. The maximum atomic E-state index is 14.2. The van der Waals surface area contributed by atoms with Crippen LogP contribution in [-0.2, 0) is 7.05 Å². The van der Waals surface area contributed by atoms with Gasteiger partial charge in [0.25, 0.3) is 5.56 Å². The molecule has 2 fully saturated rings. The summed E-state index contributed by atoms with van der Waals surface area (Å²) in [6.45, 7) is 1.98. The van der Waals surface area contributed by atoms with Gasteiger partial charge in [-0.15, -0.1) is 0 Å². The van der Waals surface area contributed by atoms with Crippen molar-refractivity contribution in [1.29, 1.82) is 0 Å². The van der Waals surface area contributed by atoms with Gasteiger partial charge in [-0.1, -0.05) is 6.07 Å². The molecule has 0 aliphatic carbocycles. The second kappa shape index (κ2) is 6.10. The molecule has 2 aromatic carbocycles. The fraction of sp³-hybridized carbons (Fsp3) is 0.333. The lowest BCUT2D eigenvalue weighted by Gasteiger charge is -2.33. The van der Waals surface area contributed by atoms with Crippen molar-refractivity contribution < 1.29 is 8.78 Å². The summed E-state index contributed by atoms with van der Waals surface area (Å²) >= 11 is 0. The molecule has 0 amide bonds. The highest BCUT2D eigenvalue weighted by Gasteiger charge is 2.41. The van der Waals surface area contributed by atoms with Crippen LogP contribution in [0.25, 0.3) is 22.3 Å². The Hall–Kier alpha value is -2.80. The molecule has 2 atom stereocenters. The number of piperazine rings is 1. The van der Waals surface area contributed by atoms with E-state index in [1.54, 1.807) is 6.07 Å². The summed E-state index contributed by atoms with van der Waals surface area (Å²) in [5, 5.41) is 0.483. The number of benzene rings is 2. The van der Waals surface area contributed by atoms with Crippen molar-refractivity contribution in [2.24, 2.45) is 7.05 Å². The fourth-order valence-electron chi connectivity index (χ4n) is 4.54. The van der Waals surface area contributed by atoms with E-state index >= 15 is 0 Å². The van der Waals surface area contributed by atoms with E-state index < -0.39 is 11.6 Å². The van der Waals surface area contributed by atoms with E-state index in [1.165, 1.54) is 23.7 Å². The number of nitrogens with zero attached hydrogens (tertiary/aromatic N) is 4. The summed E-state index contributed by atoms with van der Waals surface area (Å²) in [6, 6.07) is 10.5. The third-order valence-electron chi connectivity index (χ3n) is 6.10. The molecule has 144 valence electrons. The Kier molecular flexibility index (Phi) is 3.77. The van der Waals surface area contributed by atoms with E-state index in [-0.39, 0.29) is 16.9 Å². The number of rotatable bonds is 2. The maximum absolute atomic E-state index is 14.2. The van der Waals surface area contributed by atoms with Gasteiger partial charge in [0, 0.05) is 37.9 Å². The number of anilines is 1. The lowest BCUT2D eigenvalue weighted by Crippen LogP contribution is -2.44. The molecule has 5 rings (SSSR count). The van der Waals surface area contributed by atoms with Gasteiger partial charge >= 0.3 is 0 Å². The van der Waals surface area contributed by atoms with Gasteiger partial charge in [-0.2, -0.15) is 0 Å². The molecule has 2 aliphatic heterocycles. The van der Waals surface area contributed by atoms with Crippen molar-refractivity contribution in [2.75, 3.05) is 25.0 Å². The van der Waals surface area contributed by atoms with Crippen LogP contribution in [0.1, 0.15) is 6.42 Å². The summed E-state index contributed by atoms with van der Waals surface area (Å²) in [5.41, 5.74) is 1.20. The number of hydrogen-bond donors (Lipinski definition) is 0. The van der Waals surface area contributed by atoms with Gasteiger partial charge in [-0.25, -0.2) is 13.8 Å². The predicted octanol–water partition coefficient (Wildman–Crippen LogP) is 2.77. The van der Waals surface area contributed by atoms with Crippen LogP contribution in [0.3, 0.4) is 0 Å². The lowest BCUT2D eigenvalue weighted by molar-refractivity contribution is 0.292. The SMILES string of the molecule is CN1C[C@@H]2C[C@@H]1CN2c1ccc2nc(-c3cccc(F)c3F)n(C)c(=O)c2c1. The molecule has 0 saturated carbocycles. The van der Waals surface area contributed by atoms with Crippen molar-refractivity contribution in [2.45, 2.75) is 18.5 Å². The first-order valence-electron chi connectivity index (χ1n) is 9.36. The third kappa shape index (κ3) is 2.46. The van der Waals surface area contributed by atoms with Crippen molar-refractivity contribution >= 4 is 16.6 Å². The molecule has 7 heteroatoms. The second-order valence-corrected chi connectivity index (χ2v) is 7.74. The number of aromatic nitrogens is 2. The van der Waals surface area contributed by atoms with Gasteiger partial charge in [0.05, 0.1) is 16.5 Å². The number of halogens is 2. The van der Waals surface area contributed by atoms with E-state index in [2.05, 4.69) is 21.8 Å². The average molecular weight is 382 g/mol. The zero-order valence-electron chi connectivity index (χ0n) is 15.7. The first-order valence-corrected chi connectivity index (χ1v) is 9.36. The van der Waals surface area contributed by atoms with E-state index in [9.17, 15) is 13.6 Å². The third-order valence-corrected chi connectivity index (χ3v) is 6.10. The van der Waals surface area contributed by atoms with Gasteiger partial charge in [-0.05, 0) is 43.8 Å². The number of hydrogen-bond acceptors (Lipinski definition) is 4. The second-order valence-electron chi connectivity index (χ2n) is 7.74. The molecule has 0 N–H and O–H groups in total. The van der Waals surface area contributed by atoms with E-state index in [4.69, 9.17) is 0 Å². The Balaban J connectivity index is 1.62. The Morgan fingerprint density at radius 1 is 1.07 bits per heavy atom. The first kappa shape index (κ1) is 17.3. The lowest BCUT2D eigenvalue weighted by atomic mass is 10.1. The van der Waals surface area contributed by atoms with Gasteiger partial charge in [0.15, 0.2) is 11.6 Å². The van der Waals surface area contributed by atoms with Crippen molar-refractivity contribution in [3.63, 3.8) is 0 Å². The van der Waals surface area contributed by atoms with Gasteiger partial charge in [-0.3, -0.25) is 14.3 Å². The van der Waals surface area contributed by atoms with Crippen LogP contribution < -0.4 is 10.5 Å². The molecule has 5 nitrogen and oxygen atoms in total.